The van der Waals surface area contributed by atoms with Gasteiger partial charge in [-0.3, -0.25) is 20.2 Å². The lowest BCUT2D eigenvalue weighted by molar-refractivity contribution is -0.385. The van der Waals surface area contributed by atoms with Crippen LogP contribution >= 0.6 is 0 Å². The van der Waals surface area contributed by atoms with Crippen molar-refractivity contribution in [2.24, 2.45) is 0 Å². The molecule has 0 radical (unpaired) electrons. The molecule has 388 valence electrons. The second kappa shape index (κ2) is 20.3. The molecule has 0 atom stereocenters. The molecule has 0 spiro atoms. The molecule has 0 saturated carbocycles. The third-order valence-corrected chi connectivity index (χ3v) is 20.8. The van der Waals surface area contributed by atoms with E-state index in [1.807, 2.05) is 0 Å². The fourth-order valence-corrected chi connectivity index (χ4v) is 15.9. The number of benzene rings is 6. The minimum Gasteiger partial charge on any atom is -0.258 e. The molecule has 0 bridgehead atoms. The van der Waals surface area contributed by atoms with Gasteiger partial charge in [-0.25, -0.2) is 41.6 Å². The first-order valence-corrected chi connectivity index (χ1v) is 29.5. The summed E-state index contributed by atoms with van der Waals surface area (Å²) >= 11 is 0. The zero-order valence-corrected chi connectivity index (χ0v) is 43.5. The molecule has 2 aromatic heterocycles. The summed E-state index contributed by atoms with van der Waals surface area (Å²) in [5, 5.41) is 24.3. The summed E-state index contributed by atoms with van der Waals surface area (Å²) in [6.07, 6.45) is 6.74. The lowest BCUT2D eigenvalue weighted by atomic mass is 10.0. The standard InChI is InChI=1S/C54H46N6O12S4/c61-59(62)41-23-27-45(28-24-41)73(65,66)55-35-33-49-47-15-7-9-17-51(47)57(75(69,70)43-11-3-1-4-12-43)53(49)31-21-39(37-55)19-20-40-22-32-54-50(34-36-56(38-40)74(67,68)46-29-25-42(26-30-46)60(63)64)48-16-8-10-18-52(48)58(54)76(71,72)44-13-5-2-6-14-44/h1-30H,31-38H2/b20-19+,39-21-,40-22-. The number of nitro groups is 2. The van der Waals surface area contributed by atoms with Gasteiger partial charge in [-0.15, -0.1) is 0 Å². The second-order valence-corrected chi connectivity index (χ2v) is 25.5. The Balaban J connectivity index is 1.13. The topological polar surface area (TPSA) is 239 Å². The number of rotatable bonds is 12. The van der Waals surface area contributed by atoms with E-state index in [2.05, 4.69) is 0 Å². The maximum absolute atomic E-state index is 14.7. The third-order valence-electron chi connectivity index (χ3n) is 13.6. The van der Waals surface area contributed by atoms with E-state index in [1.165, 1.54) is 40.8 Å². The number of nitro benzene ring substituents is 2. The maximum Gasteiger partial charge on any atom is 0.269 e. The zero-order valence-electron chi connectivity index (χ0n) is 40.2. The van der Waals surface area contributed by atoms with E-state index in [4.69, 9.17) is 0 Å². The van der Waals surface area contributed by atoms with Crippen molar-refractivity contribution in [3.8, 4) is 0 Å². The highest BCUT2D eigenvalue weighted by molar-refractivity contribution is 7.90. The molecule has 0 fully saturated rings. The van der Waals surface area contributed by atoms with Crippen LogP contribution in [0.15, 0.2) is 213 Å². The van der Waals surface area contributed by atoms with Gasteiger partial charge in [0.05, 0.1) is 40.5 Å². The molecule has 10 rings (SSSR count). The average Bonchev–Trinajstić information content (AvgIpc) is 4.03. The molecule has 0 aliphatic carbocycles. The van der Waals surface area contributed by atoms with Crippen molar-refractivity contribution >= 4 is 73.3 Å². The molecule has 6 aromatic carbocycles. The Hall–Kier alpha value is -7.86. The van der Waals surface area contributed by atoms with E-state index in [1.54, 1.807) is 109 Å². The summed E-state index contributed by atoms with van der Waals surface area (Å²) in [7, 11) is -17.3. The lowest BCUT2D eigenvalue weighted by Crippen LogP contribution is -2.35. The molecule has 18 nitrogen and oxygen atoms in total. The monoisotopic (exact) mass is 1100 g/mol. The molecular weight excluding hydrogens is 1050 g/mol. The van der Waals surface area contributed by atoms with Gasteiger partial charge < -0.3 is 0 Å². The molecule has 0 amide bonds. The van der Waals surface area contributed by atoms with Gasteiger partial charge in [-0.1, -0.05) is 97.1 Å². The van der Waals surface area contributed by atoms with Gasteiger partial charge in [0.15, 0.2) is 0 Å². The number of hydrogen-bond acceptors (Lipinski definition) is 12. The first kappa shape index (κ1) is 51.6. The molecule has 76 heavy (non-hydrogen) atoms. The van der Waals surface area contributed by atoms with E-state index in [9.17, 15) is 53.9 Å². The van der Waals surface area contributed by atoms with Gasteiger partial charge >= 0.3 is 0 Å². The molecule has 22 heteroatoms. The van der Waals surface area contributed by atoms with Crippen molar-refractivity contribution in [3.05, 3.63) is 236 Å². The Morgan fingerprint density at radius 1 is 0.408 bits per heavy atom. The molecular formula is C54H46N6O12S4. The van der Waals surface area contributed by atoms with Gasteiger partial charge in [-0.05, 0) is 95.8 Å². The Labute approximate surface area is 438 Å². The largest absolute Gasteiger partial charge is 0.269 e. The number of para-hydroxylation sites is 2. The predicted octanol–water partition coefficient (Wildman–Crippen LogP) is 8.57. The summed E-state index contributed by atoms with van der Waals surface area (Å²) in [6, 6.07) is 38.7. The van der Waals surface area contributed by atoms with Gasteiger partial charge in [0.2, 0.25) is 20.0 Å². The van der Waals surface area contributed by atoms with E-state index >= 15 is 0 Å². The Morgan fingerprint density at radius 3 is 1.09 bits per heavy atom. The van der Waals surface area contributed by atoms with E-state index in [0.29, 0.717) is 55.5 Å². The number of fused-ring (bicyclic) bond motifs is 6. The fraction of sp³-hybridized carbons (Fsp3) is 0.148. The quantitative estimate of drug-likeness (QED) is 0.0826. The Kier molecular flexibility index (Phi) is 13.8. The minimum atomic E-state index is -4.42. The smallest absolute Gasteiger partial charge is 0.258 e. The van der Waals surface area contributed by atoms with Crippen LogP contribution in [0, 0.1) is 20.2 Å². The van der Waals surface area contributed by atoms with Crippen molar-refractivity contribution in [2.45, 2.75) is 45.3 Å². The first-order chi connectivity index (χ1) is 36.4. The van der Waals surface area contributed by atoms with Crippen LogP contribution in [-0.4, -0.2) is 86.3 Å². The summed E-state index contributed by atoms with van der Waals surface area (Å²) in [6.45, 7) is -0.890. The number of nitrogens with zero attached hydrogens (tertiary/aromatic N) is 6. The van der Waals surface area contributed by atoms with Crippen LogP contribution < -0.4 is 0 Å². The fourth-order valence-electron chi connectivity index (χ4n) is 9.84. The minimum absolute atomic E-state index is 0.0122. The van der Waals surface area contributed by atoms with Crippen LogP contribution in [-0.2, 0) is 65.8 Å². The lowest BCUT2D eigenvalue weighted by Gasteiger charge is -2.23. The Bertz CT molecular complexity index is 3910. The van der Waals surface area contributed by atoms with E-state index in [0.717, 1.165) is 48.5 Å². The zero-order chi connectivity index (χ0) is 53.6. The third kappa shape index (κ3) is 9.58. The number of non-ortho nitro benzene ring substituents is 2. The second-order valence-electron chi connectivity index (χ2n) is 18.0. The van der Waals surface area contributed by atoms with Crippen LogP contribution in [0.25, 0.3) is 21.8 Å². The summed E-state index contributed by atoms with van der Waals surface area (Å²) in [5.41, 5.74) is 2.78. The first-order valence-electron chi connectivity index (χ1n) is 23.8. The Morgan fingerprint density at radius 2 is 0.737 bits per heavy atom. The number of sulfonamides is 2. The molecule has 0 unspecified atom stereocenters. The summed E-state index contributed by atoms with van der Waals surface area (Å²) < 4.78 is 123. The van der Waals surface area contributed by atoms with Crippen molar-refractivity contribution in [2.75, 3.05) is 26.2 Å². The van der Waals surface area contributed by atoms with Crippen molar-refractivity contribution < 1.29 is 43.5 Å². The molecule has 4 heterocycles. The van der Waals surface area contributed by atoms with Gasteiger partial charge in [0.1, 0.15) is 0 Å². The van der Waals surface area contributed by atoms with Crippen molar-refractivity contribution in [1.82, 2.24) is 16.6 Å². The predicted molar refractivity (Wildman–Crippen MR) is 286 cm³/mol. The molecule has 8 aromatic rings. The van der Waals surface area contributed by atoms with Gasteiger partial charge in [0, 0.05) is 85.4 Å². The van der Waals surface area contributed by atoms with Crippen LogP contribution in [0.3, 0.4) is 0 Å². The SMILES string of the molecule is O=[N+]([O-])c1ccc(S(=O)(=O)N2CCc3c(n(S(=O)(=O)c4ccccc4)c4ccccc34)C/C=C(/C=C/C3=C/Cc4c(c5ccccc5n4S(=O)(=O)c4ccccc4)CCN(S(=O)(=O)c4ccc([N+](=O)[O-])cc4)C3)C2)cc1. The average molecular weight is 1100 g/mol. The van der Waals surface area contributed by atoms with Crippen LogP contribution in [0.4, 0.5) is 11.4 Å². The van der Waals surface area contributed by atoms with E-state index in [-0.39, 0.29) is 82.8 Å². The highest BCUT2D eigenvalue weighted by atomic mass is 32.2. The van der Waals surface area contributed by atoms with Crippen molar-refractivity contribution in [1.29, 1.82) is 0 Å². The van der Waals surface area contributed by atoms with E-state index < -0.39 is 49.9 Å². The highest BCUT2D eigenvalue weighted by Gasteiger charge is 2.33. The van der Waals surface area contributed by atoms with Gasteiger partial charge in [-0.2, -0.15) is 8.61 Å². The van der Waals surface area contributed by atoms with Crippen LogP contribution in [0.2, 0.25) is 0 Å². The molecule has 2 aliphatic heterocycles. The van der Waals surface area contributed by atoms with Gasteiger partial charge in [0.25, 0.3) is 31.4 Å². The summed E-state index contributed by atoms with van der Waals surface area (Å²) in [4.78, 5) is 21.5. The maximum atomic E-state index is 14.7. The van der Waals surface area contributed by atoms with Crippen LogP contribution in [0.5, 0.6) is 0 Å². The number of aromatic nitrogens is 2. The number of allylic oxidation sites excluding steroid dienone is 2. The van der Waals surface area contributed by atoms with Crippen LogP contribution in [0.1, 0.15) is 22.5 Å². The number of hydrogen-bond donors (Lipinski definition) is 0. The summed E-state index contributed by atoms with van der Waals surface area (Å²) in [5.74, 6) is 0. The molecule has 0 saturated heterocycles. The molecule has 2 aliphatic rings. The normalized spacial score (nSPS) is 16.9. The highest BCUT2D eigenvalue weighted by Crippen LogP contribution is 2.36. The van der Waals surface area contributed by atoms with Crippen molar-refractivity contribution in [3.63, 3.8) is 0 Å². The molecule has 0 N–H and O–H groups in total.